The minimum absolute atomic E-state index is 0.0333. The number of carbonyl (C=O) groups is 2. The van der Waals surface area contributed by atoms with Gasteiger partial charge in [-0.25, -0.2) is 8.78 Å². The van der Waals surface area contributed by atoms with E-state index in [0.717, 1.165) is 35.2 Å². The number of likely N-dealkylation sites (N-methyl/N-ethyl adjacent to an activating group) is 1. The summed E-state index contributed by atoms with van der Waals surface area (Å²) in [5.41, 5.74) is -0.930. The van der Waals surface area contributed by atoms with Crippen LogP contribution in [0.1, 0.15) is 17.3 Å². The van der Waals surface area contributed by atoms with Crippen molar-refractivity contribution in [2.24, 2.45) is 0 Å². The number of nitrogens with one attached hydrogen (secondary N) is 1. The van der Waals surface area contributed by atoms with Gasteiger partial charge in [-0.1, -0.05) is 17.7 Å². The van der Waals surface area contributed by atoms with E-state index in [1.54, 1.807) is 6.92 Å². The number of hydrogen-bond acceptors (Lipinski definition) is 4. The third kappa shape index (κ3) is 4.76. The van der Waals surface area contributed by atoms with Crippen molar-refractivity contribution >= 4 is 34.8 Å². The molecule has 0 aromatic heterocycles. The molecular weight excluding hydrogens is 384 g/mol. The first-order valence-electron chi connectivity index (χ1n) is 7.71. The molecule has 0 bridgehead atoms. The molecule has 0 fully saturated rings. The predicted molar refractivity (Wildman–Crippen MR) is 94.7 cm³/mol. The average molecular weight is 398 g/mol. The summed E-state index contributed by atoms with van der Waals surface area (Å²) in [5.74, 6) is -3.36. The van der Waals surface area contributed by atoms with Crippen molar-refractivity contribution in [1.82, 2.24) is 4.90 Å². The second-order valence-corrected chi connectivity index (χ2v) is 5.79. The van der Waals surface area contributed by atoms with Gasteiger partial charge in [-0.05, 0) is 25.1 Å². The summed E-state index contributed by atoms with van der Waals surface area (Å²) in [5, 5.41) is 12.7. The van der Waals surface area contributed by atoms with Gasteiger partial charge in [-0.15, -0.1) is 0 Å². The largest absolute Gasteiger partial charge is 0.330 e. The fourth-order valence-electron chi connectivity index (χ4n) is 2.26. The van der Waals surface area contributed by atoms with E-state index in [1.807, 2.05) is 0 Å². The molecule has 7 nitrogen and oxygen atoms in total. The summed E-state index contributed by atoms with van der Waals surface area (Å²) < 4.78 is 27.2. The quantitative estimate of drug-likeness (QED) is 0.595. The fourth-order valence-corrected chi connectivity index (χ4v) is 2.51. The number of carbonyl (C=O) groups excluding carboxylic acids is 2. The van der Waals surface area contributed by atoms with E-state index in [-0.39, 0.29) is 22.8 Å². The number of benzene rings is 2. The lowest BCUT2D eigenvalue weighted by molar-refractivity contribution is -0.384. The van der Waals surface area contributed by atoms with Crippen LogP contribution in [0.25, 0.3) is 0 Å². The van der Waals surface area contributed by atoms with Gasteiger partial charge in [0, 0.05) is 18.7 Å². The molecule has 142 valence electrons. The molecule has 10 heteroatoms. The third-order valence-electron chi connectivity index (χ3n) is 3.62. The molecule has 0 aliphatic carbocycles. The highest BCUT2D eigenvalue weighted by atomic mass is 35.5. The Balaban J connectivity index is 2.15. The highest BCUT2D eigenvalue weighted by Crippen LogP contribution is 2.24. The van der Waals surface area contributed by atoms with Crippen LogP contribution in [0.15, 0.2) is 36.4 Å². The van der Waals surface area contributed by atoms with E-state index in [2.05, 4.69) is 5.32 Å². The molecule has 1 N–H and O–H groups in total. The molecule has 0 heterocycles. The SMILES string of the molecule is CCN(CC(=O)Nc1c(F)cccc1F)C(=O)c1ccc([N+](=O)[O-])cc1Cl. The second-order valence-electron chi connectivity index (χ2n) is 5.39. The zero-order valence-corrected chi connectivity index (χ0v) is 14.8. The number of hydrogen-bond donors (Lipinski definition) is 1. The molecular formula is C17H14ClF2N3O4. The summed E-state index contributed by atoms with van der Waals surface area (Å²) in [6.07, 6.45) is 0. The lowest BCUT2D eigenvalue weighted by Crippen LogP contribution is -2.38. The molecule has 27 heavy (non-hydrogen) atoms. The van der Waals surface area contributed by atoms with Crippen LogP contribution in [0.5, 0.6) is 0 Å². The number of para-hydroxylation sites is 1. The van der Waals surface area contributed by atoms with Gasteiger partial charge in [-0.3, -0.25) is 19.7 Å². The van der Waals surface area contributed by atoms with E-state index in [4.69, 9.17) is 11.6 Å². The van der Waals surface area contributed by atoms with Crippen molar-refractivity contribution in [2.75, 3.05) is 18.4 Å². The Morgan fingerprint density at radius 1 is 1.22 bits per heavy atom. The minimum atomic E-state index is -0.948. The summed E-state index contributed by atoms with van der Waals surface area (Å²) in [6.45, 7) is 1.20. The van der Waals surface area contributed by atoms with Gasteiger partial charge in [0.1, 0.15) is 23.9 Å². The number of nitrogens with zero attached hydrogens (tertiary/aromatic N) is 2. The van der Waals surface area contributed by atoms with Gasteiger partial charge < -0.3 is 10.2 Å². The molecule has 0 spiro atoms. The maximum Gasteiger partial charge on any atom is 0.270 e. The van der Waals surface area contributed by atoms with E-state index in [0.29, 0.717) is 0 Å². The van der Waals surface area contributed by atoms with Crippen LogP contribution in [-0.4, -0.2) is 34.7 Å². The van der Waals surface area contributed by atoms with Crippen molar-refractivity contribution in [2.45, 2.75) is 6.92 Å². The van der Waals surface area contributed by atoms with Gasteiger partial charge in [-0.2, -0.15) is 0 Å². The molecule has 2 aromatic carbocycles. The van der Waals surface area contributed by atoms with Gasteiger partial charge >= 0.3 is 0 Å². The van der Waals surface area contributed by atoms with Crippen LogP contribution >= 0.6 is 11.6 Å². The van der Waals surface area contributed by atoms with Crippen LogP contribution in [0.4, 0.5) is 20.2 Å². The Labute approximate surface area is 157 Å². The molecule has 0 aliphatic rings. The van der Waals surface area contributed by atoms with E-state index in [9.17, 15) is 28.5 Å². The highest BCUT2D eigenvalue weighted by molar-refractivity contribution is 6.34. The lowest BCUT2D eigenvalue weighted by atomic mass is 10.1. The van der Waals surface area contributed by atoms with Crippen LogP contribution in [-0.2, 0) is 4.79 Å². The van der Waals surface area contributed by atoms with Gasteiger partial charge in [0.05, 0.1) is 15.5 Å². The average Bonchev–Trinajstić information content (AvgIpc) is 2.62. The maximum absolute atomic E-state index is 13.6. The number of nitro benzene ring substituents is 1. The molecule has 2 amide bonds. The molecule has 0 unspecified atom stereocenters. The van der Waals surface area contributed by atoms with Crippen molar-refractivity contribution in [3.8, 4) is 0 Å². The second kappa shape index (κ2) is 8.54. The van der Waals surface area contributed by atoms with Crippen LogP contribution in [0.2, 0.25) is 5.02 Å². The summed E-state index contributed by atoms with van der Waals surface area (Å²) in [7, 11) is 0. The Bertz CT molecular complexity index is 887. The van der Waals surface area contributed by atoms with E-state index >= 15 is 0 Å². The lowest BCUT2D eigenvalue weighted by Gasteiger charge is -2.21. The monoisotopic (exact) mass is 397 g/mol. The topological polar surface area (TPSA) is 92.6 Å². The summed E-state index contributed by atoms with van der Waals surface area (Å²) in [6, 6.07) is 6.44. The molecule has 2 rings (SSSR count). The van der Waals surface area contributed by atoms with Gasteiger partial charge in [0.25, 0.3) is 11.6 Å². The van der Waals surface area contributed by atoms with Crippen molar-refractivity contribution < 1.29 is 23.3 Å². The Morgan fingerprint density at radius 3 is 2.37 bits per heavy atom. The zero-order valence-electron chi connectivity index (χ0n) is 14.0. The predicted octanol–water partition coefficient (Wildman–Crippen LogP) is 3.63. The highest BCUT2D eigenvalue weighted by Gasteiger charge is 2.22. The molecule has 2 aromatic rings. The number of non-ortho nitro benzene ring substituents is 1. The first-order chi connectivity index (χ1) is 12.7. The maximum atomic E-state index is 13.6. The van der Waals surface area contributed by atoms with E-state index in [1.165, 1.54) is 6.07 Å². The molecule has 0 aliphatic heterocycles. The summed E-state index contributed by atoms with van der Waals surface area (Å²) in [4.78, 5) is 35.8. The fraction of sp³-hybridized carbons (Fsp3) is 0.176. The van der Waals surface area contributed by atoms with Crippen LogP contribution < -0.4 is 5.32 Å². The zero-order chi connectivity index (χ0) is 20.1. The molecule has 0 saturated carbocycles. The Kier molecular flexibility index (Phi) is 6.40. The number of halogens is 3. The first-order valence-corrected chi connectivity index (χ1v) is 8.09. The molecule has 0 radical (unpaired) electrons. The van der Waals surface area contributed by atoms with Crippen molar-refractivity contribution in [3.63, 3.8) is 0 Å². The molecule has 0 atom stereocenters. The number of nitro groups is 1. The summed E-state index contributed by atoms with van der Waals surface area (Å²) >= 11 is 5.93. The van der Waals surface area contributed by atoms with Crippen molar-refractivity contribution in [1.29, 1.82) is 0 Å². The van der Waals surface area contributed by atoms with Gasteiger partial charge in [0.2, 0.25) is 5.91 Å². The standard InChI is InChI=1S/C17H14ClF2N3O4/c1-2-22(9-15(24)21-16-13(19)4-3-5-14(16)20)17(25)11-7-6-10(23(26)27)8-12(11)18/h3-8H,2,9H2,1H3,(H,21,24). The third-order valence-corrected chi connectivity index (χ3v) is 3.94. The smallest absolute Gasteiger partial charge is 0.270 e. The van der Waals surface area contributed by atoms with E-state index < -0.39 is 40.6 Å². The van der Waals surface area contributed by atoms with Gasteiger partial charge in [0.15, 0.2) is 0 Å². The normalized spacial score (nSPS) is 10.4. The number of rotatable bonds is 6. The number of anilines is 1. The Morgan fingerprint density at radius 2 is 1.85 bits per heavy atom. The van der Waals surface area contributed by atoms with Crippen LogP contribution in [0, 0.1) is 21.7 Å². The number of amides is 2. The minimum Gasteiger partial charge on any atom is -0.330 e. The van der Waals surface area contributed by atoms with Crippen LogP contribution in [0.3, 0.4) is 0 Å². The Hall–Kier alpha value is -3.07. The molecule has 0 saturated heterocycles. The first kappa shape index (κ1) is 20.2. The van der Waals surface area contributed by atoms with Crippen molar-refractivity contribution in [3.05, 3.63) is 68.7 Å².